The number of nitrogens with zero attached hydrogens (tertiary/aromatic N) is 2. The molecule has 0 radical (unpaired) electrons. The SMILES string of the molecule is CCc1ccc(-c2csc3ncnc(Nc4ccc(O)c(C(=O)O)c4)c23)cc1. The van der Waals surface area contributed by atoms with E-state index in [1.165, 1.54) is 35.4 Å². The lowest BCUT2D eigenvalue weighted by molar-refractivity contribution is 0.0694. The Bertz CT molecular complexity index is 1170. The largest absolute Gasteiger partial charge is 0.507 e. The van der Waals surface area contributed by atoms with E-state index in [0.717, 1.165) is 27.8 Å². The number of fused-ring (bicyclic) bond motifs is 1. The maximum absolute atomic E-state index is 11.3. The summed E-state index contributed by atoms with van der Waals surface area (Å²) in [6.45, 7) is 2.12. The molecule has 6 nitrogen and oxygen atoms in total. The van der Waals surface area contributed by atoms with E-state index >= 15 is 0 Å². The molecule has 2 aromatic carbocycles. The van der Waals surface area contributed by atoms with E-state index in [1.54, 1.807) is 6.07 Å². The van der Waals surface area contributed by atoms with Gasteiger partial charge in [0.05, 0.1) is 5.39 Å². The van der Waals surface area contributed by atoms with Gasteiger partial charge in [-0.1, -0.05) is 31.2 Å². The van der Waals surface area contributed by atoms with Crippen LogP contribution in [0, 0.1) is 0 Å². The van der Waals surface area contributed by atoms with Crippen LogP contribution in [0.1, 0.15) is 22.8 Å². The number of nitrogens with one attached hydrogen (secondary N) is 1. The number of carboxylic acids is 1. The summed E-state index contributed by atoms with van der Waals surface area (Å²) in [5.41, 5.74) is 3.70. The van der Waals surface area contributed by atoms with Gasteiger partial charge in [-0.3, -0.25) is 0 Å². The number of benzene rings is 2. The van der Waals surface area contributed by atoms with Gasteiger partial charge in [0, 0.05) is 16.6 Å². The molecule has 0 aliphatic carbocycles. The first kappa shape index (κ1) is 17.9. The molecule has 0 unspecified atom stereocenters. The Hall–Kier alpha value is -3.45. The number of hydrogen-bond acceptors (Lipinski definition) is 6. The molecule has 0 aliphatic heterocycles. The van der Waals surface area contributed by atoms with Gasteiger partial charge in [0.1, 0.15) is 28.3 Å². The van der Waals surface area contributed by atoms with Gasteiger partial charge in [-0.15, -0.1) is 11.3 Å². The van der Waals surface area contributed by atoms with Gasteiger partial charge in [-0.2, -0.15) is 0 Å². The van der Waals surface area contributed by atoms with Crippen molar-refractivity contribution in [1.29, 1.82) is 0 Å². The summed E-state index contributed by atoms with van der Waals surface area (Å²) in [4.78, 5) is 20.8. The summed E-state index contributed by atoms with van der Waals surface area (Å²) in [7, 11) is 0. The lowest BCUT2D eigenvalue weighted by Gasteiger charge is -2.10. The minimum Gasteiger partial charge on any atom is -0.507 e. The van der Waals surface area contributed by atoms with Gasteiger partial charge in [-0.25, -0.2) is 14.8 Å². The molecular weight excluding hydrogens is 374 g/mol. The first-order valence-electron chi connectivity index (χ1n) is 8.71. The Morgan fingerprint density at radius 2 is 1.93 bits per heavy atom. The number of carboxylic acid groups (broad SMARTS) is 1. The topological polar surface area (TPSA) is 95.3 Å². The van der Waals surface area contributed by atoms with Gasteiger partial charge in [0.25, 0.3) is 0 Å². The van der Waals surface area contributed by atoms with E-state index in [1.807, 2.05) is 5.38 Å². The molecule has 0 saturated carbocycles. The predicted molar refractivity (Wildman–Crippen MR) is 111 cm³/mol. The quantitative estimate of drug-likeness (QED) is 0.411. The van der Waals surface area contributed by atoms with E-state index in [0.29, 0.717) is 11.5 Å². The Morgan fingerprint density at radius 1 is 1.14 bits per heavy atom. The van der Waals surface area contributed by atoms with Crippen molar-refractivity contribution in [3.63, 3.8) is 0 Å². The van der Waals surface area contributed by atoms with Crippen LogP contribution in [-0.4, -0.2) is 26.2 Å². The van der Waals surface area contributed by atoms with Crippen molar-refractivity contribution in [2.45, 2.75) is 13.3 Å². The molecule has 0 aliphatic rings. The highest BCUT2D eigenvalue weighted by atomic mass is 32.1. The maximum Gasteiger partial charge on any atom is 0.339 e. The smallest absolute Gasteiger partial charge is 0.339 e. The van der Waals surface area contributed by atoms with Crippen LogP contribution in [0.2, 0.25) is 0 Å². The number of aromatic hydroxyl groups is 1. The summed E-state index contributed by atoms with van der Waals surface area (Å²) < 4.78 is 0. The molecule has 0 saturated heterocycles. The van der Waals surface area contributed by atoms with E-state index in [9.17, 15) is 15.0 Å². The molecule has 0 amide bonds. The van der Waals surface area contributed by atoms with E-state index in [4.69, 9.17) is 0 Å². The fourth-order valence-corrected chi connectivity index (χ4v) is 3.94. The summed E-state index contributed by atoms with van der Waals surface area (Å²) >= 11 is 1.53. The van der Waals surface area contributed by atoms with Crippen LogP contribution in [0.25, 0.3) is 21.3 Å². The van der Waals surface area contributed by atoms with Crippen LogP contribution in [0.4, 0.5) is 11.5 Å². The van der Waals surface area contributed by atoms with Crippen molar-refractivity contribution in [2.24, 2.45) is 0 Å². The van der Waals surface area contributed by atoms with Crippen LogP contribution in [-0.2, 0) is 6.42 Å². The van der Waals surface area contributed by atoms with Crippen LogP contribution < -0.4 is 5.32 Å². The first-order valence-corrected chi connectivity index (χ1v) is 9.59. The van der Waals surface area contributed by atoms with Crippen molar-refractivity contribution >= 4 is 39.0 Å². The summed E-state index contributed by atoms with van der Waals surface area (Å²) in [6.07, 6.45) is 2.46. The lowest BCUT2D eigenvalue weighted by Crippen LogP contribution is -2.00. The molecule has 0 bridgehead atoms. The average molecular weight is 391 g/mol. The average Bonchev–Trinajstić information content (AvgIpc) is 3.14. The highest BCUT2D eigenvalue weighted by Gasteiger charge is 2.15. The third-order valence-corrected chi connectivity index (χ3v) is 5.42. The zero-order valence-electron chi connectivity index (χ0n) is 15.0. The molecule has 0 spiro atoms. The molecule has 140 valence electrons. The molecule has 3 N–H and O–H groups in total. The van der Waals surface area contributed by atoms with E-state index in [-0.39, 0.29) is 11.3 Å². The molecule has 0 atom stereocenters. The second kappa shape index (κ2) is 7.28. The molecule has 2 aromatic heterocycles. The Balaban J connectivity index is 1.79. The lowest BCUT2D eigenvalue weighted by atomic mass is 10.0. The minimum absolute atomic E-state index is 0.170. The Labute approximate surface area is 165 Å². The molecule has 0 fully saturated rings. The van der Waals surface area contributed by atoms with Crippen molar-refractivity contribution < 1.29 is 15.0 Å². The number of aromatic nitrogens is 2. The number of aryl methyl sites for hydroxylation is 1. The second-order valence-electron chi connectivity index (χ2n) is 6.26. The van der Waals surface area contributed by atoms with Crippen molar-refractivity contribution in [3.05, 3.63) is 65.3 Å². The van der Waals surface area contributed by atoms with Gasteiger partial charge in [0.2, 0.25) is 0 Å². The number of carbonyl (C=O) groups is 1. The van der Waals surface area contributed by atoms with Crippen LogP contribution in [0.5, 0.6) is 5.75 Å². The highest BCUT2D eigenvalue weighted by molar-refractivity contribution is 7.17. The monoisotopic (exact) mass is 391 g/mol. The van der Waals surface area contributed by atoms with Crippen LogP contribution in [0.3, 0.4) is 0 Å². The fourth-order valence-electron chi connectivity index (χ4n) is 3.02. The van der Waals surface area contributed by atoms with Crippen molar-refractivity contribution in [3.8, 4) is 16.9 Å². The molecule has 28 heavy (non-hydrogen) atoms. The molecular formula is C21H17N3O3S. The number of anilines is 2. The fraction of sp³-hybridized carbons (Fsp3) is 0.0952. The van der Waals surface area contributed by atoms with Gasteiger partial charge in [0.15, 0.2) is 0 Å². The standard InChI is InChI=1S/C21H17N3O3S/c1-2-12-3-5-13(6-4-12)16-10-28-20-18(16)19(22-11-23-20)24-14-7-8-17(25)15(9-14)21(26)27/h3-11,25H,2H2,1H3,(H,26,27)(H,22,23,24). The predicted octanol–water partition coefficient (Wildman–Crippen LogP) is 5.07. The van der Waals surface area contributed by atoms with E-state index in [2.05, 4.69) is 46.5 Å². The zero-order chi connectivity index (χ0) is 19.7. The van der Waals surface area contributed by atoms with E-state index < -0.39 is 5.97 Å². The van der Waals surface area contributed by atoms with Crippen LogP contribution >= 0.6 is 11.3 Å². The Kier molecular flexibility index (Phi) is 4.67. The van der Waals surface area contributed by atoms with Crippen LogP contribution in [0.15, 0.2) is 54.2 Å². The van der Waals surface area contributed by atoms with Gasteiger partial charge >= 0.3 is 5.97 Å². The number of aromatic carboxylic acids is 1. The summed E-state index contributed by atoms with van der Waals surface area (Å²) in [5.74, 6) is -0.887. The molecule has 4 aromatic rings. The second-order valence-corrected chi connectivity index (χ2v) is 7.12. The summed E-state index contributed by atoms with van der Waals surface area (Å²) in [5, 5.41) is 25.0. The van der Waals surface area contributed by atoms with Gasteiger partial charge < -0.3 is 15.5 Å². The van der Waals surface area contributed by atoms with Gasteiger partial charge in [-0.05, 0) is 35.7 Å². The molecule has 2 heterocycles. The number of phenols is 1. The van der Waals surface area contributed by atoms with Crippen molar-refractivity contribution in [2.75, 3.05) is 5.32 Å². The third-order valence-electron chi connectivity index (χ3n) is 4.53. The normalized spacial score (nSPS) is 10.9. The Morgan fingerprint density at radius 3 is 2.64 bits per heavy atom. The highest BCUT2D eigenvalue weighted by Crippen LogP contribution is 2.37. The maximum atomic E-state index is 11.3. The van der Waals surface area contributed by atoms with Crippen molar-refractivity contribution in [1.82, 2.24) is 9.97 Å². The molecule has 7 heteroatoms. The first-order chi connectivity index (χ1) is 13.6. The zero-order valence-corrected chi connectivity index (χ0v) is 15.8. The molecule has 4 rings (SSSR count). The third kappa shape index (κ3) is 3.27. The number of thiophene rings is 1. The summed E-state index contributed by atoms with van der Waals surface area (Å²) in [6, 6.07) is 12.7. The number of hydrogen-bond donors (Lipinski definition) is 3. The number of rotatable bonds is 5. The minimum atomic E-state index is -1.19.